The summed E-state index contributed by atoms with van der Waals surface area (Å²) >= 11 is 0. The number of nitrogens with one attached hydrogen (secondary N) is 1. The lowest BCUT2D eigenvalue weighted by molar-refractivity contribution is -0.0708. The maximum atomic E-state index is 5.91. The Hall–Kier alpha value is -1.62. The fourth-order valence-electron chi connectivity index (χ4n) is 3.12. The lowest BCUT2D eigenvalue weighted by atomic mass is 9.90. The maximum absolute atomic E-state index is 5.91. The van der Waals surface area contributed by atoms with Crippen LogP contribution < -0.4 is 5.32 Å². The Bertz CT molecular complexity index is 651. The predicted molar refractivity (Wildman–Crippen MR) is 84.5 cm³/mol. The van der Waals surface area contributed by atoms with E-state index in [2.05, 4.69) is 35.3 Å². The number of hydrogen-bond donors (Lipinski definition) is 1. The Labute approximate surface area is 125 Å². The van der Waals surface area contributed by atoms with Crippen LogP contribution in [0.3, 0.4) is 0 Å². The van der Waals surface area contributed by atoms with Crippen LogP contribution in [0.1, 0.15) is 38.8 Å². The molecular weight excluding hydrogens is 264 g/mol. The second kappa shape index (κ2) is 5.30. The third-order valence-corrected chi connectivity index (χ3v) is 4.58. The number of aromatic nitrogens is 3. The highest BCUT2D eigenvalue weighted by Gasteiger charge is 2.31. The van der Waals surface area contributed by atoms with Crippen molar-refractivity contribution in [2.24, 2.45) is 7.05 Å². The average molecular weight is 288 g/mol. The minimum absolute atomic E-state index is 0.00232. The molecule has 114 valence electrons. The van der Waals surface area contributed by atoms with E-state index in [-0.39, 0.29) is 5.60 Å². The average Bonchev–Trinajstić information content (AvgIpc) is 2.74. The van der Waals surface area contributed by atoms with Crippen LogP contribution in [0.5, 0.6) is 0 Å². The number of ether oxygens (including phenoxy) is 1. The van der Waals surface area contributed by atoms with E-state index in [1.165, 1.54) is 0 Å². The first-order valence-electron chi connectivity index (χ1n) is 7.70. The summed E-state index contributed by atoms with van der Waals surface area (Å²) in [5.41, 5.74) is 3.03. The Morgan fingerprint density at radius 3 is 3.10 bits per heavy atom. The molecule has 1 saturated heterocycles. The van der Waals surface area contributed by atoms with Crippen molar-refractivity contribution < 1.29 is 4.74 Å². The summed E-state index contributed by atoms with van der Waals surface area (Å²) in [6.45, 7) is 7.24. The first-order chi connectivity index (χ1) is 10.0. The molecule has 3 heterocycles. The monoisotopic (exact) mass is 288 g/mol. The second-order valence-corrected chi connectivity index (χ2v) is 6.29. The molecular formula is C16H24N4O. The van der Waals surface area contributed by atoms with E-state index in [1.807, 2.05) is 24.9 Å². The molecule has 0 saturated carbocycles. The minimum Gasteiger partial charge on any atom is -0.381 e. The minimum atomic E-state index is -0.00232. The topological polar surface area (TPSA) is 52.0 Å². The van der Waals surface area contributed by atoms with Gasteiger partial charge in [0.1, 0.15) is 0 Å². The third-order valence-electron chi connectivity index (χ3n) is 4.58. The Kier molecular flexibility index (Phi) is 3.61. The normalized spacial score (nSPS) is 26.2. The van der Waals surface area contributed by atoms with E-state index in [4.69, 9.17) is 4.74 Å². The van der Waals surface area contributed by atoms with Crippen molar-refractivity contribution in [3.8, 4) is 0 Å². The maximum Gasteiger partial charge on any atom is 0.157 e. The highest BCUT2D eigenvalue weighted by molar-refractivity contribution is 5.81. The summed E-state index contributed by atoms with van der Waals surface area (Å²) in [5, 5.41) is 9.16. The van der Waals surface area contributed by atoms with Gasteiger partial charge in [0.2, 0.25) is 0 Å². The lowest BCUT2D eigenvalue weighted by Gasteiger charge is -2.38. The molecule has 0 bridgehead atoms. The summed E-state index contributed by atoms with van der Waals surface area (Å²) in [4.78, 5) is 4.53. The van der Waals surface area contributed by atoms with Crippen molar-refractivity contribution in [2.75, 3.05) is 11.9 Å². The van der Waals surface area contributed by atoms with Gasteiger partial charge in [-0.3, -0.25) is 4.68 Å². The van der Waals surface area contributed by atoms with E-state index in [9.17, 15) is 0 Å². The van der Waals surface area contributed by atoms with Crippen LogP contribution in [0, 0.1) is 6.92 Å². The zero-order chi connectivity index (χ0) is 15.0. The zero-order valence-corrected chi connectivity index (χ0v) is 13.3. The summed E-state index contributed by atoms with van der Waals surface area (Å²) in [6, 6.07) is 2.60. The van der Waals surface area contributed by atoms with Gasteiger partial charge in [0.25, 0.3) is 0 Å². The molecule has 1 aliphatic heterocycles. The predicted octanol–water partition coefficient (Wildman–Crippen LogP) is 3.04. The number of aryl methyl sites for hydroxylation is 2. The summed E-state index contributed by atoms with van der Waals surface area (Å²) in [6.07, 6.45) is 5.03. The number of nitrogens with zero attached hydrogens (tertiary/aromatic N) is 3. The molecule has 5 nitrogen and oxygen atoms in total. The largest absolute Gasteiger partial charge is 0.381 e. The SMILES string of the molecule is CCC1(C)CC(Nc2cnc3c(c2)c(C)nn3C)CCO1. The fraction of sp³-hybridized carbons (Fsp3) is 0.625. The van der Waals surface area contributed by atoms with Crippen molar-refractivity contribution in [1.82, 2.24) is 14.8 Å². The van der Waals surface area contributed by atoms with Crippen LogP contribution in [-0.4, -0.2) is 33.0 Å². The summed E-state index contributed by atoms with van der Waals surface area (Å²) in [5.74, 6) is 0. The molecule has 0 spiro atoms. The number of fused-ring (bicyclic) bond motifs is 1. The van der Waals surface area contributed by atoms with Gasteiger partial charge >= 0.3 is 0 Å². The van der Waals surface area contributed by atoms with Crippen LogP contribution in [0.2, 0.25) is 0 Å². The highest BCUT2D eigenvalue weighted by atomic mass is 16.5. The molecule has 3 rings (SSSR count). The van der Waals surface area contributed by atoms with Crippen molar-refractivity contribution in [3.05, 3.63) is 18.0 Å². The molecule has 1 N–H and O–H groups in total. The van der Waals surface area contributed by atoms with Gasteiger partial charge in [-0.05, 0) is 39.2 Å². The Balaban J connectivity index is 1.80. The Morgan fingerprint density at radius 2 is 2.33 bits per heavy atom. The first kappa shape index (κ1) is 14.3. The van der Waals surface area contributed by atoms with E-state index in [0.29, 0.717) is 6.04 Å². The number of hydrogen-bond acceptors (Lipinski definition) is 4. The fourth-order valence-corrected chi connectivity index (χ4v) is 3.12. The first-order valence-corrected chi connectivity index (χ1v) is 7.70. The van der Waals surface area contributed by atoms with Crippen LogP contribution >= 0.6 is 0 Å². The molecule has 1 fully saturated rings. The molecule has 5 heteroatoms. The van der Waals surface area contributed by atoms with Crippen LogP contribution in [0.15, 0.2) is 12.3 Å². The quantitative estimate of drug-likeness (QED) is 0.943. The van der Waals surface area contributed by atoms with E-state index >= 15 is 0 Å². The van der Waals surface area contributed by atoms with Crippen LogP contribution in [-0.2, 0) is 11.8 Å². The molecule has 2 aromatic rings. The van der Waals surface area contributed by atoms with Crippen LogP contribution in [0.4, 0.5) is 5.69 Å². The van der Waals surface area contributed by atoms with Gasteiger partial charge in [0.05, 0.1) is 23.2 Å². The van der Waals surface area contributed by atoms with Crippen molar-refractivity contribution in [3.63, 3.8) is 0 Å². The third kappa shape index (κ3) is 2.75. The molecule has 0 aromatic carbocycles. The van der Waals surface area contributed by atoms with E-state index < -0.39 is 0 Å². The Morgan fingerprint density at radius 1 is 1.52 bits per heavy atom. The van der Waals surface area contributed by atoms with Crippen molar-refractivity contribution in [1.29, 1.82) is 0 Å². The standard InChI is InChI=1S/C16H24N4O/c1-5-16(3)9-12(6-7-21-16)18-13-8-14-11(2)19-20(4)15(14)17-10-13/h8,10,12,18H,5-7,9H2,1-4H3. The van der Waals surface area contributed by atoms with E-state index in [1.54, 1.807) is 0 Å². The van der Waals surface area contributed by atoms with Gasteiger partial charge in [-0.2, -0.15) is 5.10 Å². The van der Waals surface area contributed by atoms with Gasteiger partial charge in [0.15, 0.2) is 5.65 Å². The van der Waals surface area contributed by atoms with Crippen LogP contribution in [0.25, 0.3) is 11.0 Å². The molecule has 0 amide bonds. The molecule has 2 atom stereocenters. The molecule has 21 heavy (non-hydrogen) atoms. The van der Waals surface area contributed by atoms with Gasteiger partial charge < -0.3 is 10.1 Å². The second-order valence-electron chi connectivity index (χ2n) is 6.29. The van der Waals surface area contributed by atoms with Gasteiger partial charge in [-0.25, -0.2) is 4.98 Å². The van der Waals surface area contributed by atoms with Gasteiger partial charge in [0, 0.05) is 25.1 Å². The smallest absolute Gasteiger partial charge is 0.157 e. The number of pyridine rings is 1. The zero-order valence-electron chi connectivity index (χ0n) is 13.3. The summed E-state index contributed by atoms with van der Waals surface area (Å²) in [7, 11) is 1.93. The van der Waals surface area contributed by atoms with Gasteiger partial charge in [-0.1, -0.05) is 6.92 Å². The van der Waals surface area contributed by atoms with E-state index in [0.717, 1.165) is 48.3 Å². The van der Waals surface area contributed by atoms with Gasteiger partial charge in [-0.15, -0.1) is 0 Å². The molecule has 2 aromatic heterocycles. The molecule has 2 unspecified atom stereocenters. The molecule has 0 aliphatic carbocycles. The lowest BCUT2D eigenvalue weighted by Crippen LogP contribution is -2.41. The highest BCUT2D eigenvalue weighted by Crippen LogP contribution is 2.30. The molecule has 1 aliphatic rings. The number of anilines is 1. The molecule has 0 radical (unpaired) electrons. The van der Waals surface area contributed by atoms with Crippen molar-refractivity contribution >= 4 is 16.7 Å². The summed E-state index contributed by atoms with van der Waals surface area (Å²) < 4.78 is 7.74. The van der Waals surface area contributed by atoms with Crippen molar-refractivity contribution in [2.45, 2.75) is 51.7 Å². The number of rotatable bonds is 3.